The van der Waals surface area contributed by atoms with Gasteiger partial charge in [-0.05, 0) is 18.6 Å². The van der Waals surface area contributed by atoms with Crippen LogP contribution in [0.25, 0.3) is 5.82 Å². The molecule has 0 aliphatic rings. The number of nitrogens with two attached hydrogens (primary N) is 1. The van der Waals surface area contributed by atoms with Crippen molar-refractivity contribution in [2.24, 2.45) is 5.73 Å². The Morgan fingerprint density at radius 3 is 2.56 bits per heavy atom. The topological polar surface area (TPSA) is 69.6 Å². The van der Waals surface area contributed by atoms with Gasteiger partial charge in [0.05, 0.1) is 0 Å². The van der Waals surface area contributed by atoms with Gasteiger partial charge in [0, 0.05) is 25.1 Å². The summed E-state index contributed by atoms with van der Waals surface area (Å²) in [5.41, 5.74) is 6.83. The van der Waals surface area contributed by atoms with Crippen molar-refractivity contribution in [1.82, 2.24) is 19.7 Å². The van der Waals surface area contributed by atoms with Crippen molar-refractivity contribution in [2.45, 2.75) is 39.7 Å². The molecule has 0 spiro atoms. The van der Waals surface area contributed by atoms with E-state index in [1.54, 1.807) is 6.20 Å². The molecule has 2 rings (SSSR count). The summed E-state index contributed by atoms with van der Waals surface area (Å²) in [4.78, 5) is 8.88. The van der Waals surface area contributed by atoms with E-state index in [1.807, 2.05) is 30.7 Å². The smallest absolute Gasteiger partial charge is 0.155 e. The fraction of sp³-hybridized carbons (Fsp3) is 0.462. The molecule has 0 aromatic carbocycles. The summed E-state index contributed by atoms with van der Waals surface area (Å²) in [6, 6.07) is 3.92. The van der Waals surface area contributed by atoms with E-state index in [2.05, 4.69) is 22.0 Å². The fourth-order valence-corrected chi connectivity index (χ4v) is 1.75. The maximum absolute atomic E-state index is 5.81. The molecule has 0 fully saturated rings. The standard InChI is InChI=1S/C13H19N5/c1-4-11-16-12(5-2)18(17-11)13-7-6-10(8-15-13)9(3)14/h6-9H,4-5,14H2,1-3H3. The van der Waals surface area contributed by atoms with Crippen molar-refractivity contribution in [1.29, 1.82) is 0 Å². The van der Waals surface area contributed by atoms with Gasteiger partial charge in [0.2, 0.25) is 0 Å². The summed E-state index contributed by atoms with van der Waals surface area (Å²) in [5.74, 6) is 2.58. The monoisotopic (exact) mass is 245 g/mol. The van der Waals surface area contributed by atoms with Gasteiger partial charge in [0.1, 0.15) is 5.82 Å². The Labute approximate surface area is 107 Å². The van der Waals surface area contributed by atoms with Gasteiger partial charge in [-0.1, -0.05) is 19.9 Å². The zero-order valence-electron chi connectivity index (χ0n) is 11.1. The molecule has 5 nitrogen and oxygen atoms in total. The lowest BCUT2D eigenvalue weighted by Crippen LogP contribution is -2.08. The summed E-state index contributed by atoms with van der Waals surface area (Å²) in [6.45, 7) is 6.06. The van der Waals surface area contributed by atoms with E-state index in [9.17, 15) is 0 Å². The van der Waals surface area contributed by atoms with Gasteiger partial charge < -0.3 is 5.73 Å². The van der Waals surface area contributed by atoms with Crippen LogP contribution in [0, 0.1) is 0 Å². The first-order chi connectivity index (χ1) is 8.65. The number of hydrogen-bond donors (Lipinski definition) is 1. The van der Waals surface area contributed by atoms with E-state index in [4.69, 9.17) is 5.73 Å². The predicted molar refractivity (Wildman–Crippen MR) is 70.5 cm³/mol. The van der Waals surface area contributed by atoms with Crippen LogP contribution in [-0.2, 0) is 12.8 Å². The molecule has 0 radical (unpaired) electrons. The molecule has 0 bridgehead atoms. The summed E-state index contributed by atoms with van der Waals surface area (Å²) < 4.78 is 1.81. The molecular formula is C13H19N5. The first-order valence-electron chi connectivity index (χ1n) is 6.32. The SMILES string of the molecule is CCc1nc(CC)n(-c2ccc(C(C)N)cn2)n1. The average molecular weight is 245 g/mol. The highest BCUT2D eigenvalue weighted by Crippen LogP contribution is 2.12. The Hall–Kier alpha value is -1.75. The first-order valence-corrected chi connectivity index (χ1v) is 6.32. The highest BCUT2D eigenvalue weighted by atomic mass is 15.4. The third-order valence-corrected chi connectivity index (χ3v) is 2.86. The minimum atomic E-state index is -0.000792. The quantitative estimate of drug-likeness (QED) is 0.891. The summed E-state index contributed by atoms with van der Waals surface area (Å²) in [7, 11) is 0. The van der Waals surface area contributed by atoms with Crippen LogP contribution in [-0.4, -0.2) is 19.7 Å². The molecule has 2 N–H and O–H groups in total. The normalized spacial score (nSPS) is 12.7. The third-order valence-electron chi connectivity index (χ3n) is 2.86. The van der Waals surface area contributed by atoms with Crippen molar-refractivity contribution >= 4 is 0 Å². The molecule has 96 valence electrons. The second-order valence-corrected chi connectivity index (χ2v) is 4.30. The number of hydrogen-bond acceptors (Lipinski definition) is 4. The van der Waals surface area contributed by atoms with Crippen LogP contribution in [0.4, 0.5) is 0 Å². The van der Waals surface area contributed by atoms with E-state index in [0.29, 0.717) is 0 Å². The van der Waals surface area contributed by atoms with Gasteiger partial charge in [0.25, 0.3) is 0 Å². The highest BCUT2D eigenvalue weighted by Gasteiger charge is 2.10. The maximum Gasteiger partial charge on any atom is 0.155 e. The molecule has 0 aliphatic heterocycles. The van der Waals surface area contributed by atoms with Crippen LogP contribution in [0.3, 0.4) is 0 Å². The Balaban J connectivity index is 2.38. The van der Waals surface area contributed by atoms with Crippen molar-refractivity contribution < 1.29 is 0 Å². The minimum absolute atomic E-state index is 0.000792. The van der Waals surface area contributed by atoms with E-state index in [-0.39, 0.29) is 6.04 Å². The van der Waals surface area contributed by atoms with E-state index < -0.39 is 0 Å². The van der Waals surface area contributed by atoms with Gasteiger partial charge in [-0.25, -0.2) is 9.97 Å². The Kier molecular flexibility index (Phi) is 3.72. The molecule has 18 heavy (non-hydrogen) atoms. The molecule has 5 heteroatoms. The number of pyridine rings is 1. The van der Waals surface area contributed by atoms with Crippen LogP contribution >= 0.6 is 0 Å². The van der Waals surface area contributed by atoms with Crippen molar-refractivity contribution in [3.8, 4) is 5.82 Å². The molecule has 0 saturated carbocycles. The lowest BCUT2D eigenvalue weighted by Gasteiger charge is -2.07. The second kappa shape index (κ2) is 5.27. The molecular weight excluding hydrogens is 226 g/mol. The van der Waals surface area contributed by atoms with Crippen LogP contribution in [0.2, 0.25) is 0 Å². The number of rotatable bonds is 4. The molecule has 2 aromatic heterocycles. The lowest BCUT2D eigenvalue weighted by molar-refractivity contribution is 0.759. The number of aryl methyl sites for hydroxylation is 2. The molecule has 1 atom stereocenters. The van der Waals surface area contributed by atoms with Crippen molar-refractivity contribution in [3.63, 3.8) is 0 Å². The largest absolute Gasteiger partial charge is 0.324 e. The predicted octanol–water partition coefficient (Wildman–Crippen LogP) is 1.81. The average Bonchev–Trinajstić information content (AvgIpc) is 2.82. The zero-order chi connectivity index (χ0) is 13.1. The Bertz CT molecular complexity index is 513. The zero-order valence-corrected chi connectivity index (χ0v) is 11.1. The minimum Gasteiger partial charge on any atom is -0.324 e. The van der Waals surface area contributed by atoms with Crippen LogP contribution in [0.5, 0.6) is 0 Å². The molecule has 0 aliphatic carbocycles. The summed E-state index contributed by atoms with van der Waals surface area (Å²) >= 11 is 0. The summed E-state index contributed by atoms with van der Waals surface area (Å²) in [5, 5.41) is 4.46. The van der Waals surface area contributed by atoms with Crippen molar-refractivity contribution in [2.75, 3.05) is 0 Å². The molecule has 0 saturated heterocycles. The second-order valence-electron chi connectivity index (χ2n) is 4.30. The molecule has 2 heterocycles. The Morgan fingerprint density at radius 1 is 1.28 bits per heavy atom. The fourth-order valence-electron chi connectivity index (χ4n) is 1.75. The van der Waals surface area contributed by atoms with E-state index in [0.717, 1.165) is 35.9 Å². The number of aromatic nitrogens is 4. The van der Waals surface area contributed by atoms with E-state index in [1.165, 1.54) is 0 Å². The molecule has 2 aromatic rings. The highest BCUT2D eigenvalue weighted by molar-refractivity contribution is 5.27. The van der Waals surface area contributed by atoms with Crippen LogP contribution < -0.4 is 5.73 Å². The van der Waals surface area contributed by atoms with Gasteiger partial charge in [-0.3, -0.25) is 0 Å². The van der Waals surface area contributed by atoms with Gasteiger partial charge in [0.15, 0.2) is 11.6 Å². The van der Waals surface area contributed by atoms with Crippen molar-refractivity contribution in [3.05, 3.63) is 35.5 Å². The first kappa shape index (κ1) is 12.7. The maximum atomic E-state index is 5.81. The third kappa shape index (κ3) is 2.41. The molecule has 0 amide bonds. The van der Waals surface area contributed by atoms with Gasteiger partial charge in [-0.2, -0.15) is 4.68 Å². The van der Waals surface area contributed by atoms with E-state index >= 15 is 0 Å². The van der Waals surface area contributed by atoms with Gasteiger partial charge >= 0.3 is 0 Å². The Morgan fingerprint density at radius 2 is 2.06 bits per heavy atom. The number of nitrogens with zero attached hydrogens (tertiary/aromatic N) is 4. The lowest BCUT2D eigenvalue weighted by atomic mass is 10.1. The van der Waals surface area contributed by atoms with Gasteiger partial charge in [-0.15, -0.1) is 5.10 Å². The molecule has 1 unspecified atom stereocenters. The van der Waals surface area contributed by atoms with Crippen LogP contribution in [0.15, 0.2) is 18.3 Å². The summed E-state index contributed by atoms with van der Waals surface area (Å²) in [6.07, 6.45) is 3.47. The van der Waals surface area contributed by atoms with Crippen LogP contribution in [0.1, 0.15) is 44.0 Å².